The number of nitrogens with zero attached hydrogens (tertiary/aromatic N) is 3. The van der Waals surface area contributed by atoms with Crippen molar-refractivity contribution in [2.75, 3.05) is 11.1 Å². The van der Waals surface area contributed by atoms with Gasteiger partial charge in [-0.25, -0.2) is 0 Å². The number of benzene rings is 2. The van der Waals surface area contributed by atoms with Crippen molar-refractivity contribution in [1.29, 1.82) is 0 Å². The number of hydrogen-bond donors (Lipinski definition) is 1. The molecule has 0 saturated heterocycles. The van der Waals surface area contributed by atoms with Crippen LogP contribution in [0.4, 0.5) is 5.69 Å². The van der Waals surface area contributed by atoms with E-state index in [-0.39, 0.29) is 11.7 Å². The maximum absolute atomic E-state index is 12.3. The van der Waals surface area contributed by atoms with Gasteiger partial charge in [-0.15, -0.1) is 16.8 Å². The average molecular weight is 427 g/mol. The minimum Gasteiger partial charge on any atom is -0.324 e. The maximum Gasteiger partial charge on any atom is 0.234 e. The molecule has 1 amide bonds. The van der Waals surface area contributed by atoms with Crippen LogP contribution in [-0.4, -0.2) is 26.4 Å². The normalized spacial score (nSPS) is 10.9. The van der Waals surface area contributed by atoms with Gasteiger partial charge in [0.15, 0.2) is 11.0 Å². The Bertz CT molecular complexity index is 998. The van der Waals surface area contributed by atoms with E-state index in [0.29, 0.717) is 28.3 Å². The van der Waals surface area contributed by atoms with Crippen LogP contribution in [0.3, 0.4) is 0 Å². The third kappa shape index (κ3) is 5.28. The molecular weight excluding hydrogens is 404 g/mol. The summed E-state index contributed by atoms with van der Waals surface area (Å²) in [5, 5.41) is 12.6. The molecule has 29 heavy (non-hydrogen) atoms. The number of amides is 1. The van der Waals surface area contributed by atoms with Crippen molar-refractivity contribution in [3.8, 4) is 11.4 Å². The first kappa shape index (κ1) is 21.1. The van der Waals surface area contributed by atoms with E-state index in [4.69, 9.17) is 11.6 Å². The highest BCUT2D eigenvalue weighted by Gasteiger charge is 2.15. The van der Waals surface area contributed by atoms with Crippen LogP contribution in [-0.2, 0) is 11.3 Å². The van der Waals surface area contributed by atoms with Gasteiger partial charge in [-0.3, -0.25) is 9.36 Å². The second kappa shape index (κ2) is 9.76. The lowest BCUT2D eigenvalue weighted by atomic mass is 10.0. The van der Waals surface area contributed by atoms with Gasteiger partial charge in [-0.1, -0.05) is 79.7 Å². The first-order chi connectivity index (χ1) is 14.0. The summed E-state index contributed by atoms with van der Waals surface area (Å²) in [5.41, 5.74) is 2.85. The maximum atomic E-state index is 12.3. The Morgan fingerprint density at radius 3 is 2.59 bits per heavy atom. The molecule has 0 atom stereocenters. The van der Waals surface area contributed by atoms with Crippen LogP contribution in [0, 0.1) is 0 Å². The Morgan fingerprint density at radius 1 is 1.21 bits per heavy atom. The zero-order valence-corrected chi connectivity index (χ0v) is 18.0. The molecule has 1 N–H and O–H groups in total. The number of carbonyl (C=O) groups is 1. The third-order valence-electron chi connectivity index (χ3n) is 4.34. The Morgan fingerprint density at radius 2 is 1.93 bits per heavy atom. The molecule has 5 nitrogen and oxygen atoms in total. The molecule has 150 valence electrons. The molecule has 0 unspecified atom stereocenters. The van der Waals surface area contributed by atoms with Crippen molar-refractivity contribution in [3.63, 3.8) is 0 Å². The fourth-order valence-corrected chi connectivity index (χ4v) is 3.73. The predicted molar refractivity (Wildman–Crippen MR) is 121 cm³/mol. The highest BCUT2D eigenvalue weighted by Crippen LogP contribution is 2.26. The monoisotopic (exact) mass is 426 g/mol. The van der Waals surface area contributed by atoms with Crippen LogP contribution in [0.15, 0.2) is 66.3 Å². The molecule has 3 rings (SSSR count). The van der Waals surface area contributed by atoms with Crippen molar-refractivity contribution < 1.29 is 4.79 Å². The zero-order valence-electron chi connectivity index (χ0n) is 16.4. The minimum atomic E-state index is -0.154. The summed E-state index contributed by atoms with van der Waals surface area (Å²) in [4.78, 5) is 12.3. The number of para-hydroxylation sites is 1. The van der Waals surface area contributed by atoms with Crippen molar-refractivity contribution in [2.45, 2.75) is 31.5 Å². The minimum absolute atomic E-state index is 0.154. The first-order valence-corrected chi connectivity index (χ1v) is 10.7. The standard InChI is InChI=1S/C22H23ClN4OS/c1-4-13-27-21(17-11-9-16(10-12-17)15(2)3)25-26-22(27)29-14-20(28)24-19-8-6-5-7-18(19)23/h4-12,15H,1,13-14H2,2-3H3,(H,24,28). The van der Waals surface area contributed by atoms with Gasteiger partial charge >= 0.3 is 0 Å². The van der Waals surface area contributed by atoms with Gasteiger partial charge < -0.3 is 5.32 Å². The van der Waals surface area contributed by atoms with E-state index in [0.717, 1.165) is 11.4 Å². The molecule has 0 aliphatic carbocycles. The van der Waals surface area contributed by atoms with Crippen LogP contribution in [0.1, 0.15) is 25.3 Å². The second-order valence-electron chi connectivity index (χ2n) is 6.80. The molecule has 3 aromatic rings. The van der Waals surface area contributed by atoms with Crippen molar-refractivity contribution in [1.82, 2.24) is 14.8 Å². The van der Waals surface area contributed by atoms with Gasteiger partial charge in [0, 0.05) is 12.1 Å². The van der Waals surface area contributed by atoms with E-state index in [1.54, 1.807) is 18.2 Å². The summed E-state index contributed by atoms with van der Waals surface area (Å²) < 4.78 is 1.96. The van der Waals surface area contributed by atoms with Crippen molar-refractivity contribution >= 4 is 35.0 Å². The Labute approximate surface area is 180 Å². The Kier molecular flexibility index (Phi) is 7.12. The van der Waals surface area contributed by atoms with Gasteiger partial charge in [-0.05, 0) is 23.6 Å². The summed E-state index contributed by atoms with van der Waals surface area (Å²) in [6.45, 7) is 8.72. The van der Waals surface area contributed by atoms with E-state index in [9.17, 15) is 4.79 Å². The van der Waals surface area contributed by atoms with Gasteiger partial charge in [-0.2, -0.15) is 0 Å². The van der Waals surface area contributed by atoms with E-state index >= 15 is 0 Å². The van der Waals surface area contributed by atoms with Crippen molar-refractivity contribution in [3.05, 3.63) is 71.8 Å². The lowest BCUT2D eigenvalue weighted by Gasteiger charge is -2.10. The molecule has 0 fully saturated rings. The fraction of sp³-hybridized carbons (Fsp3) is 0.227. The number of allylic oxidation sites excluding steroid dienone is 1. The Hall–Kier alpha value is -2.57. The molecule has 0 spiro atoms. The van der Waals surface area contributed by atoms with E-state index in [1.807, 2.05) is 16.7 Å². The molecule has 1 aromatic heterocycles. The molecular formula is C22H23ClN4OS. The number of aromatic nitrogens is 3. The highest BCUT2D eigenvalue weighted by molar-refractivity contribution is 7.99. The van der Waals surface area contributed by atoms with Gasteiger partial charge in [0.05, 0.1) is 16.5 Å². The predicted octanol–water partition coefficient (Wildman–Crippen LogP) is 5.64. The van der Waals surface area contributed by atoms with E-state index in [2.05, 4.69) is 60.2 Å². The molecule has 1 heterocycles. The summed E-state index contributed by atoms with van der Waals surface area (Å²) in [6, 6.07) is 15.5. The largest absolute Gasteiger partial charge is 0.324 e. The first-order valence-electron chi connectivity index (χ1n) is 9.31. The lowest BCUT2D eigenvalue weighted by Crippen LogP contribution is -2.15. The Balaban J connectivity index is 1.73. The number of nitrogens with one attached hydrogen (secondary N) is 1. The topological polar surface area (TPSA) is 59.8 Å². The SMILES string of the molecule is C=CCn1c(SCC(=O)Nc2ccccc2Cl)nnc1-c1ccc(C(C)C)cc1. The number of hydrogen-bond acceptors (Lipinski definition) is 4. The summed E-state index contributed by atoms with van der Waals surface area (Å²) in [6.07, 6.45) is 1.79. The van der Waals surface area contributed by atoms with E-state index < -0.39 is 0 Å². The molecule has 7 heteroatoms. The zero-order chi connectivity index (χ0) is 20.8. The van der Waals surface area contributed by atoms with Gasteiger partial charge in [0.25, 0.3) is 0 Å². The van der Waals surface area contributed by atoms with Crippen LogP contribution in [0.25, 0.3) is 11.4 Å². The lowest BCUT2D eigenvalue weighted by molar-refractivity contribution is -0.113. The molecule has 0 aliphatic rings. The van der Waals surface area contributed by atoms with E-state index in [1.165, 1.54) is 17.3 Å². The third-order valence-corrected chi connectivity index (χ3v) is 5.64. The summed E-state index contributed by atoms with van der Waals surface area (Å²) in [5.74, 6) is 1.28. The number of carbonyl (C=O) groups excluding carboxylic acids is 1. The van der Waals surface area contributed by atoms with Gasteiger partial charge in [0.1, 0.15) is 0 Å². The molecule has 0 saturated carbocycles. The van der Waals surface area contributed by atoms with Crippen LogP contribution >= 0.6 is 23.4 Å². The summed E-state index contributed by atoms with van der Waals surface area (Å²) >= 11 is 7.42. The summed E-state index contributed by atoms with van der Waals surface area (Å²) in [7, 11) is 0. The number of anilines is 1. The highest BCUT2D eigenvalue weighted by atomic mass is 35.5. The molecule has 0 aliphatic heterocycles. The smallest absolute Gasteiger partial charge is 0.234 e. The molecule has 0 radical (unpaired) electrons. The van der Waals surface area contributed by atoms with Gasteiger partial charge in [0.2, 0.25) is 5.91 Å². The van der Waals surface area contributed by atoms with Crippen molar-refractivity contribution in [2.24, 2.45) is 0 Å². The number of rotatable bonds is 8. The van der Waals surface area contributed by atoms with Crippen LogP contribution in [0.5, 0.6) is 0 Å². The fourth-order valence-electron chi connectivity index (χ4n) is 2.80. The number of halogens is 1. The number of thioether (sulfide) groups is 1. The van der Waals surface area contributed by atoms with Crippen LogP contribution < -0.4 is 5.32 Å². The van der Waals surface area contributed by atoms with Crippen LogP contribution in [0.2, 0.25) is 5.02 Å². The quantitative estimate of drug-likeness (QED) is 0.374. The second-order valence-corrected chi connectivity index (χ2v) is 8.15. The average Bonchev–Trinajstić information content (AvgIpc) is 3.11. The molecule has 2 aromatic carbocycles. The molecule has 0 bridgehead atoms.